The first-order valence-corrected chi connectivity index (χ1v) is 7.74. The number of carbonyl (C=O) groups excluding carboxylic acids is 1. The molecule has 0 unspecified atom stereocenters. The number of hydrogen-bond donors (Lipinski definition) is 1. The third kappa shape index (κ3) is 2.88. The lowest BCUT2D eigenvalue weighted by Gasteiger charge is -2.42. The number of aryl methyl sites for hydroxylation is 1. The second-order valence-corrected chi connectivity index (χ2v) is 5.97. The minimum absolute atomic E-state index is 0.00171. The van der Waals surface area contributed by atoms with Crippen LogP contribution in [0.1, 0.15) is 38.7 Å². The Hall–Kier alpha value is -1.62. The van der Waals surface area contributed by atoms with E-state index in [2.05, 4.69) is 0 Å². The molecule has 1 aromatic rings. The Morgan fingerprint density at radius 2 is 2.05 bits per heavy atom. The summed E-state index contributed by atoms with van der Waals surface area (Å²) >= 11 is 4.95. The number of ether oxygens (including phenoxy) is 1. The van der Waals surface area contributed by atoms with Crippen molar-refractivity contribution >= 4 is 28.8 Å². The number of carbonyl (C=O) groups is 1. The van der Waals surface area contributed by atoms with Gasteiger partial charge in [0.1, 0.15) is 5.75 Å². The van der Waals surface area contributed by atoms with Crippen LogP contribution in [0.4, 0.5) is 5.69 Å². The Bertz CT molecular complexity index is 567. The molecule has 1 amide bonds. The van der Waals surface area contributed by atoms with Crippen LogP contribution in [0.5, 0.6) is 5.75 Å². The van der Waals surface area contributed by atoms with Crippen molar-refractivity contribution in [3.63, 3.8) is 0 Å². The van der Waals surface area contributed by atoms with Crippen LogP contribution in [-0.4, -0.2) is 23.0 Å². The molecule has 1 aliphatic heterocycles. The molecule has 1 aromatic carbocycles. The quantitative estimate of drug-likeness (QED) is 0.850. The highest BCUT2D eigenvalue weighted by Gasteiger charge is 2.45. The standard InChI is InChI=1S/C16H22N2O2S/c1-4-16(5-2)15(19)18(9-8-14(17)21)12-10-11(3)6-7-13(12)20-16/h6-7,10H,4-5,8-9H2,1-3H3,(H2,17,21). The number of nitrogens with zero attached hydrogens (tertiary/aromatic N) is 1. The Kier molecular flexibility index (Phi) is 4.52. The molecule has 21 heavy (non-hydrogen) atoms. The first-order chi connectivity index (χ1) is 9.93. The van der Waals surface area contributed by atoms with Crippen molar-refractivity contribution < 1.29 is 9.53 Å². The Balaban J connectivity index is 2.46. The number of fused-ring (bicyclic) bond motifs is 1. The molecular formula is C16H22N2O2S. The molecule has 0 saturated heterocycles. The van der Waals surface area contributed by atoms with E-state index in [-0.39, 0.29) is 5.91 Å². The van der Waals surface area contributed by atoms with Gasteiger partial charge in [-0.25, -0.2) is 0 Å². The molecule has 2 N–H and O–H groups in total. The molecule has 2 rings (SSSR count). The fraction of sp³-hybridized carbons (Fsp3) is 0.500. The molecule has 0 fully saturated rings. The van der Waals surface area contributed by atoms with Crippen molar-refractivity contribution in [1.29, 1.82) is 0 Å². The maximum atomic E-state index is 12.9. The number of benzene rings is 1. The summed E-state index contributed by atoms with van der Waals surface area (Å²) in [7, 11) is 0. The van der Waals surface area contributed by atoms with Crippen LogP contribution in [0.3, 0.4) is 0 Å². The van der Waals surface area contributed by atoms with Crippen molar-refractivity contribution in [2.75, 3.05) is 11.4 Å². The fourth-order valence-electron chi connectivity index (χ4n) is 2.67. The first kappa shape index (κ1) is 15.8. The summed E-state index contributed by atoms with van der Waals surface area (Å²) in [6, 6.07) is 5.91. The highest BCUT2D eigenvalue weighted by Crippen LogP contribution is 2.41. The van der Waals surface area contributed by atoms with E-state index in [1.165, 1.54) is 0 Å². The largest absolute Gasteiger partial charge is 0.475 e. The van der Waals surface area contributed by atoms with E-state index in [1.54, 1.807) is 4.90 Å². The average Bonchev–Trinajstić information content (AvgIpc) is 2.46. The van der Waals surface area contributed by atoms with Gasteiger partial charge < -0.3 is 15.4 Å². The van der Waals surface area contributed by atoms with Crippen molar-refractivity contribution in [2.24, 2.45) is 5.73 Å². The van der Waals surface area contributed by atoms with E-state index < -0.39 is 5.60 Å². The molecule has 1 heterocycles. The minimum Gasteiger partial charge on any atom is -0.475 e. The molecule has 0 atom stereocenters. The molecule has 4 nitrogen and oxygen atoms in total. The van der Waals surface area contributed by atoms with Crippen molar-refractivity contribution in [3.8, 4) is 5.75 Å². The third-order valence-electron chi connectivity index (χ3n) is 4.07. The zero-order valence-electron chi connectivity index (χ0n) is 12.8. The molecule has 0 radical (unpaired) electrons. The van der Waals surface area contributed by atoms with Crippen molar-refractivity contribution in [1.82, 2.24) is 0 Å². The summed E-state index contributed by atoms with van der Waals surface area (Å²) in [5.74, 6) is 0.758. The average molecular weight is 306 g/mol. The Morgan fingerprint density at radius 1 is 1.38 bits per heavy atom. The van der Waals surface area contributed by atoms with Crippen LogP contribution in [0.15, 0.2) is 18.2 Å². The maximum absolute atomic E-state index is 12.9. The molecule has 0 aromatic heterocycles. The summed E-state index contributed by atoms with van der Waals surface area (Å²) in [5, 5.41) is 0. The lowest BCUT2D eigenvalue weighted by atomic mass is 9.92. The summed E-state index contributed by atoms with van der Waals surface area (Å²) in [6.07, 6.45) is 1.79. The van der Waals surface area contributed by atoms with Crippen LogP contribution in [0.2, 0.25) is 0 Å². The number of anilines is 1. The van der Waals surface area contributed by atoms with Gasteiger partial charge in [0, 0.05) is 13.0 Å². The van der Waals surface area contributed by atoms with Crippen LogP contribution in [0, 0.1) is 6.92 Å². The fourth-order valence-corrected chi connectivity index (χ4v) is 2.77. The second-order valence-electron chi connectivity index (χ2n) is 5.45. The van der Waals surface area contributed by atoms with Gasteiger partial charge >= 0.3 is 0 Å². The molecule has 1 aliphatic rings. The van der Waals surface area contributed by atoms with Gasteiger partial charge in [-0.15, -0.1) is 0 Å². The third-order valence-corrected chi connectivity index (χ3v) is 4.27. The number of rotatable bonds is 5. The molecule has 5 heteroatoms. The number of nitrogens with two attached hydrogens (primary N) is 1. The van der Waals surface area contributed by atoms with Gasteiger partial charge in [0.15, 0.2) is 5.60 Å². The summed E-state index contributed by atoms with van der Waals surface area (Å²) in [5.41, 5.74) is 6.72. The summed E-state index contributed by atoms with van der Waals surface area (Å²) < 4.78 is 6.07. The smallest absolute Gasteiger partial charge is 0.271 e. The van der Waals surface area contributed by atoms with Crippen molar-refractivity contribution in [2.45, 2.75) is 45.6 Å². The van der Waals surface area contributed by atoms with Crippen LogP contribution >= 0.6 is 12.2 Å². The van der Waals surface area contributed by atoms with Gasteiger partial charge in [0.05, 0.1) is 10.7 Å². The van der Waals surface area contributed by atoms with E-state index in [4.69, 9.17) is 22.7 Å². The molecule has 114 valence electrons. The van der Waals surface area contributed by atoms with E-state index in [0.29, 0.717) is 30.8 Å². The zero-order valence-corrected chi connectivity index (χ0v) is 13.6. The molecule has 0 bridgehead atoms. The number of thiocarbonyl (C=S) groups is 1. The number of amides is 1. The Morgan fingerprint density at radius 3 is 2.62 bits per heavy atom. The molecular weight excluding hydrogens is 284 g/mol. The van der Waals surface area contributed by atoms with Crippen LogP contribution in [0.25, 0.3) is 0 Å². The maximum Gasteiger partial charge on any atom is 0.271 e. The van der Waals surface area contributed by atoms with Crippen LogP contribution in [-0.2, 0) is 4.79 Å². The van der Waals surface area contributed by atoms with Gasteiger partial charge in [-0.05, 0) is 37.5 Å². The van der Waals surface area contributed by atoms with E-state index in [9.17, 15) is 4.79 Å². The molecule has 0 aliphatic carbocycles. The van der Waals surface area contributed by atoms with Gasteiger partial charge in [-0.2, -0.15) is 0 Å². The lowest BCUT2D eigenvalue weighted by Crippen LogP contribution is -2.56. The normalized spacial score (nSPS) is 16.3. The van der Waals surface area contributed by atoms with Gasteiger partial charge in [0.2, 0.25) is 0 Å². The monoisotopic (exact) mass is 306 g/mol. The predicted octanol–water partition coefficient (Wildman–Crippen LogP) is 2.96. The lowest BCUT2D eigenvalue weighted by molar-refractivity contribution is -0.136. The van der Waals surface area contributed by atoms with Crippen molar-refractivity contribution in [3.05, 3.63) is 23.8 Å². The Labute approximate surface area is 131 Å². The highest BCUT2D eigenvalue weighted by atomic mass is 32.1. The van der Waals surface area contributed by atoms with Gasteiger partial charge in [0.25, 0.3) is 5.91 Å². The highest BCUT2D eigenvalue weighted by molar-refractivity contribution is 7.80. The zero-order chi connectivity index (χ0) is 15.6. The van der Waals surface area contributed by atoms with Gasteiger partial charge in [-0.3, -0.25) is 4.79 Å². The minimum atomic E-state index is -0.779. The predicted molar refractivity (Wildman–Crippen MR) is 88.9 cm³/mol. The van der Waals surface area contributed by atoms with E-state index in [0.717, 1.165) is 17.0 Å². The second kappa shape index (κ2) is 6.02. The molecule has 0 spiro atoms. The SMILES string of the molecule is CCC1(CC)Oc2ccc(C)cc2N(CCC(N)=S)C1=O. The number of hydrogen-bond acceptors (Lipinski definition) is 3. The topological polar surface area (TPSA) is 55.6 Å². The van der Waals surface area contributed by atoms with E-state index in [1.807, 2.05) is 39.0 Å². The summed E-state index contributed by atoms with van der Waals surface area (Å²) in [4.78, 5) is 15.1. The molecule has 0 saturated carbocycles. The van der Waals surface area contributed by atoms with Crippen LogP contribution < -0.4 is 15.4 Å². The van der Waals surface area contributed by atoms with E-state index >= 15 is 0 Å². The first-order valence-electron chi connectivity index (χ1n) is 7.33. The summed E-state index contributed by atoms with van der Waals surface area (Å²) in [6.45, 7) is 6.45. The van der Waals surface area contributed by atoms with Gasteiger partial charge in [-0.1, -0.05) is 32.1 Å².